The smallest absolute Gasteiger partial charge is 0.231 e. The minimum absolute atomic E-state index is 0.154. The van der Waals surface area contributed by atoms with Crippen LogP contribution in [0.25, 0.3) is 0 Å². The summed E-state index contributed by atoms with van der Waals surface area (Å²) in [5, 5.41) is 10.9. The van der Waals surface area contributed by atoms with E-state index in [4.69, 9.17) is 4.74 Å². The van der Waals surface area contributed by atoms with Gasteiger partial charge in [-0.3, -0.25) is 9.69 Å². The number of benzene rings is 2. The van der Waals surface area contributed by atoms with Gasteiger partial charge in [0.15, 0.2) is 6.23 Å². The second kappa shape index (κ2) is 6.04. The number of nitrogens with zero attached hydrogens (tertiary/aromatic N) is 1. The number of amides is 1. The average Bonchev–Trinajstić information content (AvgIpc) is 2.75. The molecule has 1 heterocycles. The van der Waals surface area contributed by atoms with Gasteiger partial charge in [0.25, 0.3) is 0 Å². The average molecular weight is 325 g/mol. The first kappa shape index (κ1) is 16.7. The van der Waals surface area contributed by atoms with Crippen molar-refractivity contribution >= 4 is 5.91 Å². The van der Waals surface area contributed by atoms with Crippen molar-refractivity contribution in [3.63, 3.8) is 0 Å². The largest absolute Gasteiger partial charge is 0.370 e. The highest BCUT2D eigenvalue weighted by Gasteiger charge is 2.56. The number of hydrogen-bond acceptors (Lipinski definition) is 3. The topological polar surface area (TPSA) is 49.8 Å². The molecule has 126 valence electrons. The van der Waals surface area contributed by atoms with Gasteiger partial charge in [-0.2, -0.15) is 0 Å². The summed E-state index contributed by atoms with van der Waals surface area (Å²) >= 11 is 0. The molecule has 1 saturated heterocycles. The van der Waals surface area contributed by atoms with Crippen LogP contribution in [0.3, 0.4) is 0 Å². The summed E-state index contributed by atoms with van der Waals surface area (Å²) in [5.41, 5.74) is -0.0909. The maximum absolute atomic E-state index is 12.8. The number of ether oxygens (including phenoxy) is 1. The molecule has 2 atom stereocenters. The highest BCUT2D eigenvalue weighted by atomic mass is 16.6. The predicted octanol–water partition coefficient (Wildman–Crippen LogP) is 3.06. The van der Waals surface area contributed by atoms with E-state index in [-0.39, 0.29) is 12.3 Å². The van der Waals surface area contributed by atoms with Crippen molar-refractivity contribution in [1.29, 1.82) is 0 Å². The second-order valence-electron chi connectivity index (χ2n) is 6.82. The Hall–Kier alpha value is -2.17. The van der Waals surface area contributed by atoms with Crippen molar-refractivity contribution in [2.24, 2.45) is 0 Å². The number of rotatable bonds is 3. The summed E-state index contributed by atoms with van der Waals surface area (Å²) in [7, 11) is 0. The van der Waals surface area contributed by atoms with Crippen molar-refractivity contribution in [2.45, 2.75) is 44.7 Å². The third kappa shape index (κ3) is 2.83. The Balaban J connectivity index is 1.89. The molecule has 0 aromatic heterocycles. The van der Waals surface area contributed by atoms with Gasteiger partial charge in [0.1, 0.15) is 11.3 Å². The molecule has 0 unspecified atom stereocenters. The summed E-state index contributed by atoms with van der Waals surface area (Å²) in [6, 6.07) is 19.1. The first-order valence-electron chi connectivity index (χ1n) is 8.14. The highest BCUT2D eigenvalue weighted by molar-refractivity contribution is 5.80. The van der Waals surface area contributed by atoms with Gasteiger partial charge in [-0.1, -0.05) is 60.7 Å². The van der Waals surface area contributed by atoms with Gasteiger partial charge < -0.3 is 9.84 Å². The van der Waals surface area contributed by atoms with Gasteiger partial charge in [-0.15, -0.1) is 0 Å². The summed E-state index contributed by atoms with van der Waals surface area (Å²) in [5.74, 6) is -0.154. The van der Waals surface area contributed by atoms with E-state index in [1.165, 1.54) is 4.90 Å². The van der Waals surface area contributed by atoms with Crippen LogP contribution in [0.1, 0.15) is 31.9 Å². The van der Waals surface area contributed by atoms with Gasteiger partial charge in [0, 0.05) is 0 Å². The first-order valence-corrected chi connectivity index (χ1v) is 8.14. The highest BCUT2D eigenvalue weighted by Crippen LogP contribution is 2.44. The molecule has 0 bridgehead atoms. The molecule has 4 nitrogen and oxygen atoms in total. The maximum atomic E-state index is 12.8. The number of carbonyl (C=O) groups excluding carboxylic acids is 1. The van der Waals surface area contributed by atoms with E-state index in [1.54, 1.807) is 0 Å². The number of hydrogen-bond donors (Lipinski definition) is 1. The molecule has 1 fully saturated rings. The Morgan fingerprint density at radius 2 is 1.58 bits per heavy atom. The van der Waals surface area contributed by atoms with Crippen LogP contribution in [-0.4, -0.2) is 27.9 Å². The van der Waals surface area contributed by atoms with Crippen LogP contribution in [0.5, 0.6) is 0 Å². The minimum Gasteiger partial charge on any atom is -0.370 e. The Morgan fingerprint density at radius 3 is 2.17 bits per heavy atom. The van der Waals surface area contributed by atoms with Gasteiger partial charge in [-0.05, 0) is 31.9 Å². The van der Waals surface area contributed by atoms with Crippen molar-refractivity contribution in [3.8, 4) is 0 Å². The van der Waals surface area contributed by atoms with Crippen LogP contribution in [0.2, 0.25) is 0 Å². The molecular weight excluding hydrogens is 302 g/mol. The lowest BCUT2D eigenvalue weighted by atomic mass is 9.94. The number of aliphatic hydroxyl groups is 1. The molecular formula is C20H23NO3. The SMILES string of the molecule is CC1(C)O[C@](C)(c2ccccc2)[C@@H](O)N1C(=O)Cc1ccccc1. The molecule has 0 spiro atoms. The zero-order valence-corrected chi connectivity index (χ0v) is 14.3. The molecule has 0 aliphatic carbocycles. The van der Waals surface area contributed by atoms with Crippen LogP contribution in [0, 0.1) is 0 Å². The van der Waals surface area contributed by atoms with Crippen LogP contribution in [0.15, 0.2) is 60.7 Å². The Labute approximate surface area is 142 Å². The van der Waals surface area contributed by atoms with E-state index < -0.39 is 17.6 Å². The lowest BCUT2D eigenvalue weighted by Gasteiger charge is -2.31. The molecule has 1 N–H and O–H groups in total. The van der Waals surface area contributed by atoms with Gasteiger partial charge in [0.2, 0.25) is 5.91 Å². The Morgan fingerprint density at radius 1 is 1.04 bits per heavy atom. The third-order valence-electron chi connectivity index (χ3n) is 4.59. The molecule has 3 rings (SSSR count). The molecule has 0 saturated carbocycles. The normalized spacial score (nSPS) is 25.7. The van der Waals surface area contributed by atoms with Crippen LogP contribution in [0.4, 0.5) is 0 Å². The zero-order chi connectivity index (χ0) is 17.4. The van der Waals surface area contributed by atoms with Crippen LogP contribution >= 0.6 is 0 Å². The Kier molecular flexibility index (Phi) is 4.20. The third-order valence-corrected chi connectivity index (χ3v) is 4.59. The summed E-state index contributed by atoms with van der Waals surface area (Å²) < 4.78 is 6.16. The molecule has 2 aromatic rings. The maximum Gasteiger partial charge on any atom is 0.231 e. The summed E-state index contributed by atoms with van der Waals surface area (Å²) in [6.45, 7) is 5.45. The molecule has 1 aliphatic rings. The first-order chi connectivity index (χ1) is 11.3. The molecule has 1 aliphatic heterocycles. The van der Waals surface area contributed by atoms with Crippen molar-refractivity contribution in [3.05, 3.63) is 71.8 Å². The lowest BCUT2D eigenvalue weighted by Crippen LogP contribution is -2.49. The molecule has 4 heteroatoms. The van der Waals surface area contributed by atoms with Gasteiger partial charge >= 0.3 is 0 Å². The fourth-order valence-electron chi connectivity index (χ4n) is 3.43. The fourth-order valence-corrected chi connectivity index (χ4v) is 3.43. The molecule has 1 amide bonds. The van der Waals surface area contributed by atoms with Gasteiger partial charge in [-0.25, -0.2) is 0 Å². The van der Waals surface area contributed by atoms with Crippen molar-refractivity contribution in [2.75, 3.05) is 0 Å². The lowest BCUT2D eigenvalue weighted by molar-refractivity contribution is -0.152. The molecule has 24 heavy (non-hydrogen) atoms. The van der Waals surface area contributed by atoms with E-state index in [2.05, 4.69) is 0 Å². The van der Waals surface area contributed by atoms with Crippen molar-refractivity contribution < 1.29 is 14.6 Å². The Bertz CT molecular complexity index is 714. The van der Waals surface area contributed by atoms with E-state index in [9.17, 15) is 9.90 Å². The quantitative estimate of drug-likeness (QED) is 0.943. The van der Waals surface area contributed by atoms with Crippen molar-refractivity contribution in [1.82, 2.24) is 4.90 Å². The fraction of sp³-hybridized carbons (Fsp3) is 0.350. The second-order valence-corrected chi connectivity index (χ2v) is 6.82. The van der Waals surface area contributed by atoms with E-state index in [0.29, 0.717) is 0 Å². The number of aliphatic hydroxyl groups excluding tert-OH is 1. The monoisotopic (exact) mass is 325 g/mol. The van der Waals surface area contributed by atoms with Crippen LogP contribution < -0.4 is 0 Å². The predicted molar refractivity (Wildman–Crippen MR) is 92.0 cm³/mol. The minimum atomic E-state index is -1.05. The summed E-state index contributed by atoms with van der Waals surface area (Å²) in [6.07, 6.45) is -0.818. The zero-order valence-electron chi connectivity index (χ0n) is 14.3. The summed E-state index contributed by atoms with van der Waals surface area (Å²) in [4.78, 5) is 14.3. The van der Waals surface area contributed by atoms with E-state index in [1.807, 2.05) is 81.4 Å². The van der Waals surface area contributed by atoms with Gasteiger partial charge in [0.05, 0.1) is 6.42 Å². The van der Waals surface area contributed by atoms with E-state index in [0.717, 1.165) is 11.1 Å². The van der Waals surface area contributed by atoms with E-state index >= 15 is 0 Å². The number of carbonyl (C=O) groups is 1. The molecule has 0 radical (unpaired) electrons. The molecule has 2 aromatic carbocycles. The standard InChI is InChI=1S/C20H23NO3/c1-19(2)21(17(22)14-15-10-6-4-7-11-15)18(23)20(3,24-19)16-12-8-5-9-13-16/h4-13,18,23H,14H2,1-3H3/t18-,20-/m1/s1. The van der Waals surface area contributed by atoms with Crippen LogP contribution in [-0.2, 0) is 21.6 Å².